The van der Waals surface area contributed by atoms with Crippen molar-refractivity contribution in [2.24, 2.45) is 23.3 Å². The van der Waals surface area contributed by atoms with E-state index in [1.54, 1.807) is 62.8 Å². The van der Waals surface area contributed by atoms with Crippen molar-refractivity contribution < 1.29 is 19.1 Å². The average Bonchev–Trinajstić information content (AvgIpc) is 3.25. The highest BCUT2D eigenvalue weighted by atomic mass is 35.5. The maximum atomic E-state index is 13.1. The Morgan fingerprint density at radius 3 is 1.08 bits per heavy atom. The molecule has 14 heteroatoms. The van der Waals surface area contributed by atoms with Crippen molar-refractivity contribution in [3.05, 3.63) is 153 Å². The van der Waals surface area contributed by atoms with Gasteiger partial charge in [0.25, 0.3) is 11.8 Å². The highest BCUT2D eigenvalue weighted by Crippen LogP contribution is 2.38. The molecule has 6 N–H and O–H groups in total. The van der Waals surface area contributed by atoms with Crippen LogP contribution in [0.4, 0.5) is 11.4 Å². The quantitative estimate of drug-likeness (QED) is 0.0841. The normalized spacial score (nSPS) is 10.3. The van der Waals surface area contributed by atoms with E-state index in [-0.39, 0.29) is 61.4 Å². The van der Waals surface area contributed by atoms with E-state index in [9.17, 15) is 9.59 Å². The molecule has 0 bridgehead atoms. The first-order valence-electron chi connectivity index (χ1n) is 21.2. The molecule has 2 amide bonds. The molecule has 0 unspecified atom stereocenters. The highest BCUT2D eigenvalue weighted by molar-refractivity contribution is 6.08. The van der Waals surface area contributed by atoms with Crippen molar-refractivity contribution in [3.63, 3.8) is 0 Å². The molecule has 0 saturated heterocycles. The van der Waals surface area contributed by atoms with Crippen LogP contribution in [0.15, 0.2) is 97.1 Å². The number of nitrogens with two attached hydrogens (primary N) is 2. The molecule has 0 aliphatic heterocycles. The summed E-state index contributed by atoms with van der Waals surface area (Å²) in [5.74, 6) is 1.92. The van der Waals surface area contributed by atoms with Gasteiger partial charge in [-0.05, 0) is 123 Å². The van der Waals surface area contributed by atoms with Crippen LogP contribution in [0.2, 0.25) is 0 Å². The predicted octanol–water partition coefficient (Wildman–Crippen LogP) is 12.3. The van der Waals surface area contributed by atoms with Crippen molar-refractivity contribution >= 4 is 72.8 Å². The fourth-order valence-corrected chi connectivity index (χ4v) is 7.39. The lowest BCUT2D eigenvalue weighted by atomic mass is 9.92. The van der Waals surface area contributed by atoms with Crippen molar-refractivity contribution in [3.8, 4) is 33.8 Å². The Morgan fingerprint density at radius 2 is 0.818 bits per heavy atom. The summed E-state index contributed by atoms with van der Waals surface area (Å²) >= 11 is 0. The Kier molecular flexibility index (Phi) is 24.5. The number of anilines is 2. The predicted molar refractivity (Wildman–Crippen MR) is 282 cm³/mol. The fraction of sp³-hybridized carbons (Fsp3) is 0.308. The van der Waals surface area contributed by atoms with Crippen LogP contribution < -0.4 is 31.6 Å². The fourth-order valence-electron chi connectivity index (χ4n) is 7.39. The Morgan fingerprint density at radius 1 is 0.515 bits per heavy atom. The second-order valence-corrected chi connectivity index (χ2v) is 16.4. The molecule has 0 aliphatic rings. The first-order chi connectivity index (χ1) is 29.7. The summed E-state index contributed by atoms with van der Waals surface area (Å²) in [6, 6.07) is 30.7. The molecule has 0 spiro atoms. The number of nitrogens with one attached hydrogen (secondary N) is 2. The van der Waals surface area contributed by atoms with Gasteiger partial charge in [-0.1, -0.05) is 87.4 Å². The third-order valence-corrected chi connectivity index (χ3v) is 10.6. The van der Waals surface area contributed by atoms with Gasteiger partial charge in [-0.3, -0.25) is 19.6 Å². The van der Waals surface area contributed by atoms with E-state index in [1.807, 2.05) is 13.8 Å². The maximum Gasteiger partial charge on any atom is 0.255 e. The van der Waals surface area contributed by atoms with Gasteiger partial charge in [-0.25, -0.2) is 0 Å². The summed E-state index contributed by atoms with van der Waals surface area (Å²) in [7, 11) is 3.20. The molecule has 0 saturated carbocycles. The molecule has 0 fully saturated rings. The summed E-state index contributed by atoms with van der Waals surface area (Å²) in [5.41, 5.74) is 26.8. The van der Waals surface area contributed by atoms with Crippen molar-refractivity contribution in [2.75, 3.05) is 24.9 Å². The lowest BCUT2D eigenvalue weighted by Crippen LogP contribution is -2.18. The number of pyridine rings is 2. The van der Waals surface area contributed by atoms with Gasteiger partial charge in [-0.15, -0.1) is 49.6 Å². The maximum absolute atomic E-state index is 13.1. The number of hydrogen-bond acceptors (Lipinski definition) is 8. The summed E-state index contributed by atoms with van der Waals surface area (Å²) in [4.78, 5) is 35.8. The SMILES string of the molecule is COc1ccc(C(=O)Nc2c(C)nc(CC(C)C)c(CN)c2-c2ccc(C)cc2)cc1.COc1ccc(C(=O)Nc2c(C)nc(CC(C)C)c(CN)c2-c2ccc(C)cc2)cc1.Cl.Cl.Cl.Cl. The number of methoxy groups -OCH3 is 2. The highest BCUT2D eigenvalue weighted by Gasteiger charge is 2.23. The van der Waals surface area contributed by atoms with Gasteiger partial charge in [-0.2, -0.15) is 0 Å². The average molecular weight is 981 g/mol. The molecule has 10 nitrogen and oxygen atoms in total. The van der Waals surface area contributed by atoms with Gasteiger partial charge >= 0.3 is 0 Å². The summed E-state index contributed by atoms with van der Waals surface area (Å²) < 4.78 is 10.4. The van der Waals surface area contributed by atoms with Gasteiger partial charge in [0.05, 0.1) is 37.0 Å². The number of nitrogens with zero attached hydrogens (tertiary/aromatic N) is 2. The molecular formula is C52H66Cl4N6O4. The molecule has 66 heavy (non-hydrogen) atoms. The van der Waals surface area contributed by atoms with Crippen molar-refractivity contribution in [2.45, 2.75) is 81.3 Å². The molecule has 2 heterocycles. The number of halogens is 4. The first kappa shape index (κ1) is 58.8. The molecule has 356 valence electrons. The third-order valence-electron chi connectivity index (χ3n) is 10.6. The largest absolute Gasteiger partial charge is 0.497 e. The number of aromatic nitrogens is 2. The summed E-state index contributed by atoms with van der Waals surface area (Å²) in [5, 5.41) is 6.21. The number of ether oxygens (including phenoxy) is 2. The lowest BCUT2D eigenvalue weighted by molar-refractivity contribution is 0.101. The zero-order valence-electron chi connectivity index (χ0n) is 39.5. The monoisotopic (exact) mass is 978 g/mol. The van der Waals surface area contributed by atoms with Crippen LogP contribution >= 0.6 is 49.6 Å². The molecule has 2 aromatic heterocycles. The minimum absolute atomic E-state index is 0. The number of benzene rings is 4. The van der Waals surface area contributed by atoms with E-state index in [1.165, 1.54) is 11.1 Å². The Hall–Kier alpha value is -5.20. The van der Waals surface area contributed by atoms with Crippen LogP contribution in [-0.4, -0.2) is 36.0 Å². The molecule has 0 aliphatic carbocycles. The van der Waals surface area contributed by atoms with Gasteiger partial charge in [0.15, 0.2) is 0 Å². The molecule has 6 aromatic rings. The summed E-state index contributed by atoms with van der Waals surface area (Å²) in [6.07, 6.45) is 1.66. The van der Waals surface area contributed by atoms with E-state index in [4.69, 9.17) is 30.9 Å². The van der Waals surface area contributed by atoms with Crippen LogP contribution in [0.5, 0.6) is 11.5 Å². The van der Waals surface area contributed by atoms with E-state index >= 15 is 0 Å². The minimum atomic E-state index is -0.194. The standard InChI is InChI=1S/2C26H31N3O2.4ClH/c2*1-16(2)14-23-22(15-27)24(19-8-6-17(3)7-9-19)25(18(4)28-23)29-26(30)20-10-12-21(31-5)13-11-20;;;;/h2*6-13,16H,14-15,27H2,1-5H3,(H,29,30);4*1H. The number of aryl methyl sites for hydroxylation is 4. The van der Waals surface area contributed by atoms with Crippen molar-refractivity contribution in [1.82, 2.24) is 9.97 Å². The number of carbonyl (C=O) groups excluding carboxylic acids is 2. The molecular weight excluding hydrogens is 914 g/mol. The van der Waals surface area contributed by atoms with Crippen LogP contribution in [-0.2, 0) is 25.9 Å². The van der Waals surface area contributed by atoms with Crippen LogP contribution in [0.3, 0.4) is 0 Å². The minimum Gasteiger partial charge on any atom is -0.497 e. The Labute approximate surface area is 416 Å². The van der Waals surface area contributed by atoms with E-state index < -0.39 is 0 Å². The first-order valence-corrected chi connectivity index (χ1v) is 21.2. The van der Waals surface area contributed by atoms with Gasteiger partial charge in [0, 0.05) is 46.7 Å². The van der Waals surface area contributed by atoms with E-state index in [0.29, 0.717) is 58.9 Å². The van der Waals surface area contributed by atoms with E-state index in [2.05, 4.69) is 101 Å². The molecule has 4 aromatic carbocycles. The molecule has 6 rings (SSSR count). The van der Waals surface area contributed by atoms with Crippen LogP contribution in [0, 0.1) is 39.5 Å². The zero-order chi connectivity index (χ0) is 45.1. The second-order valence-electron chi connectivity index (χ2n) is 16.4. The number of carbonyl (C=O) groups is 2. The van der Waals surface area contributed by atoms with Crippen LogP contribution in [0.25, 0.3) is 22.3 Å². The third kappa shape index (κ3) is 14.9. The van der Waals surface area contributed by atoms with Crippen molar-refractivity contribution in [1.29, 1.82) is 0 Å². The molecule has 0 atom stereocenters. The van der Waals surface area contributed by atoms with Gasteiger partial charge in [0.2, 0.25) is 0 Å². The second kappa shape index (κ2) is 27.4. The smallest absolute Gasteiger partial charge is 0.255 e. The number of amides is 2. The zero-order valence-corrected chi connectivity index (χ0v) is 42.8. The molecule has 0 radical (unpaired) electrons. The number of rotatable bonds is 14. The topological polar surface area (TPSA) is 154 Å². The van der Waals surface area contributed by atoms with Gasteiger partial charge < -0.3 is 31.6 Å². The van der Waals surface area contributed by atoms with Crippen LogP contribution in [0.1, 0.15) is 93.4 Å². The Balaban J connectivity index is 0.000000622. The Bertz CT molecular complexity index is 2310. The summed E-state index contributed by atoms with van der Waals surface area (Å²) in [6.45, 7) is 17.4. The lowest BCUT2D eigenvalue weighted by Gasteiger charge is -2.21. The van der Waals surface area contributed by atoms with Gasteiger partial charge in [0.1, 0.15) is 11.5 Å². The number of hydrogen-bond donors (Lipinski definition) is 4. The van der Waals surface area contributed by atoms with E-state index in [0.717, 1.165) is 69.0 Å².